The summed E-state index contributed by atoms with van der Waals surface area (Å²) in [5.74, 6) is 0.621. The van der Waals surface area contributed by atoms with E-state index in [1.165, 1.54) is 0 Å². The predicted octanol–water partition coefficient (Wildman–Crippen LogP) is 6.17. The molecule has 0 saturated heterocycles. The molecule has 0 N–H and O–H groups in total. The lowest BCUT2D eigenvalue weighted by Gasteiger charge is -2.19. The SMILES string of the molecule is CCCN1Cc2c(Cl)c(C)c(C(=O)Oc3ccccc3)c(OCc3ccccc3)c2C1. The summed E-state index contributed by atoms with van der Waals surface area (Å²) in [6.45, 7) is 6.82. The number of para-hydroxylation sites is 1. The van der Waals surface area contributed by atoms with E-state index in [2.05, 4.69) is 11.8 Å². The molecule has 0 amide bonds. The van der Waals surface area contributed by atoms with Crippen LogP contribution in [0, 0.1) is 6.92 Å². The van der Waals surface area contributed by atoms with Gasteiger partial charge in [0.05, 0.1) is 0 Å². The quantitative estimate of drug-likeness (QED) is 0.328. The third-order valence-corrected chi connectivity index (χ3v) is 6.03. The molecule has 3 aromatic carbocycles. The number of ether oxygens (including phenoxy) is 2. The van der Waals surface area contributed by atoms with E-state index in [9.17, 15) is 4.79 Å². The van der Waals surface area contributed by atoms with Crippen molar-refractivity contribution < 1.29 is 14.3 Å². The summed E-state index contributed by atoms with van der Waals surface area (Å²) >= 11 is 6.76. The zero-order chi connectivity index (χ0) is 21.8. The highest BCUT2D eigenvalue weighted by Gasteiger charge is 2.32. The molecule has 160 valence electrons. The minimum Gasteiger partial charge on any atom is -0.488 e. The number of benzene rings is 3. The highest BCUT2D eigenvalue weighted by molar-refractivity contribution is 6.33. The Kier molecular flexibility index (Phi) is 6.59. The van der Waals surface area contributed by atoms with Gasteiger partial charge in [-0.15, -0.1) is 0 Å². The van der Waals surface area contributed by atoms with Gasteiger partial charge in [0.1, 0.15) is 23.7 Å². The van der Waals surface area contributed by atoms with Crippen LogP contribution in [0.3, 0.4) is 0 Å². The monoisotopic (exact) mass is 435 g/mol. The van der Waals surface area contributed by atoms with Crippen molar-refractivity contribution in [3.8, 4) is 11.5 Å². The Bertz CT molecular complexity index is 1070. The molecule has 0 bridgehead atoms. The Morgan fingerprint density at radius 1 is 1.00 bits per heavy atom. The number of esters is 1. The number of hydrogen-bond donors (Lipinski definition) is 0. The van der Waals surface area contributed by atoms with Gasteiger partial charge in [0, 0.05) is 23.7 Å². The van der Waals surface area contributed by atoms with E-state index in [1.807, 2.05) is 55.5 Å². The van der Waals surface area contributed by atoms with Gasteiger partial charge in [-0.1, -0.05) is 67.1 Å². The molecule has 1 aliphatic rings. The van der Waals surface area contributed by atoms with Crippen molar-refractivity contribution in [2.45, 2.75) is 40.0 Å². The van der Waals surface area contributed by atoms with E-state index in [0.717, 1.165) is 36.2 Å². The predicted molar refractivity (Wildman–Crippen MR) is 123 cm³/mol. The highest BCUT2D eigenvalue weighted by atomic mass is 35.5. The molecule has 1 heterocycles. The second kappa shape index (κ2) is 9.54. The van der Waals surface area contributed by atoms with Crippen LogP contribution < -0.4 is 9.47 Å². The van der Waals surface area contributed by atoms with Gasteiger partial charge in [0.25, 0.3) is 0 Å². The lowest BCUT2D eigenvalue weighted by molar-refractivity contribution is 0.0728. The molecule has 0 unspecified atom stereocenters. The Hall–Kier alpha value is -2.82. The number of nitrogens with zero attached hydrogens (tertiary/aromatic N) is 1. The van der Waals surface area contributed by atoms with E-state index in [1.54, 1.807) is 12.1 Å². The molecule has 0 saturated carbocycles. The van der Waals surface area contributed by atoms with Gasteiger partial charge in [-0.3, -0.25) is 4.90 Å². The maximum absolute atomic E-state index is 13.3. The third kappa shape index (κ3) is 4.60. The molecule has 0 spiro atoms. The van der Waals surface area contributed by atoms with E-state index in [0.29, 0.717) is 40.8 Å². The third-order valence-electron chi connectivity index (χ3n) is 5.52. The summed E-state index contributed by atoms with van der Waals surface area (Å²) in [7, 11) is 0. The van der Waals surface area contributed by atoms with Gasteiger partial charge in [-0.2, -0.15) is 0 Å². The average molecular weight is 436 g/mol. The van der Waals surface area contributed by atoms with Gasteiger partial charge in [-0.25, -0.2) is 4.79 Å². The fourth-order valence-corrected chi connectivity index (χ4v) is 4.29. The van der Waals surface area contributed by atoms with Crippen molar-refractivity contribution in [2.24, 2.45) is 0 Å². The standard InChI is InChI=1S/C26H26ClNO3/c1-3-14-28-15-21-22(16-28)25(30-17-19-10-6-4-7-11-19)23(18(2)24(21)27)26(29)31-20-12-8-5-9-13-20/h4-13H,3,14-17H2,1-2H3. The first-order valence-corrected chi connectivity index (χ1v) is 11.0. The number of halogens is 1. The van der Waals surface area contributed by atoms with Crippen LogP contribution in [-0.2, 0) is 19.7 Å². The molecule has 3 aromatic rings. The number of carbonyl (C=O) groups is 1. The van der Waals surface area contributed by atoms with Crippen LogP contribution in [0.2, 0.25) is 5.02 Å². The first kappa shape index (κ1) is 21.4. The molecule has 0 atom stereocenters. The summed E-state index contributed by atoms with van der Waals surface area (Å²) in [5.41, 5.74) is 4.17. The van der Waals surface area contributed by atoms with Crippen LogP contribution in [0.25, 0.3) is 0 Å². The summed E-state index contributed by atoms with van der Waals surface area (Å²) in [5, 5.41) is 0.626. The second-order valence-corrected chi connectivity index (χ2v) is 8.17. The average Bonchev–Trinajstić information content (AvgIpc) is 3.21. The molecule has 4 rings (SSSR count). The molecule has 5 heteroatoms. The van der Waals surface area contributed by atoms with Gasteiger partial charge >= 0.3 is 5.97 Å². The van der Waals surface area contributed by atoms with Crippen LogP contribution >= 0.6 is 11.6 Å². The van der Waals surface area contributed by atoms with Crippen molar-refractivity contribution in [3.05, 3.63) is 93.5 Å². The first-order valence-electron chi connectivity index (χ1n) is 10.6. The highest BCUT2D eigenvalue weighted by Crippen LogP contribution is 2.42. The van der Waals surface area contributed by atoms with Crippen LogP contribution in [-0.4, -0.2) is 17.4 Å². The van der Waals surface area contributed by atoms with Crippen LogP contribution in [0.5, 0.6) is 11.5 Å². The Morgan fingerprint density at radius 2 is 1.65 bits per heavy atom. The number of hydrogen-bond acceptors (Lipinski definition) is 4. The number of carbonyl (C=O) groups excluding carboxylic acids is 1. The van der Waals surface area contributed by atoms with Crippen molar-refractivity contribution >= 4 is 17.6 Å². The van der Waals surface area contributed by atoms with Crippen LogP contribution in [0.1, 0.15) is 46.0 Å². The van der Waals surface area contributed by atoms with Crippen LogP contribution in [0.4, 0.5) is 0 Å². The van der Waals surface area contributed by atoms with E-state index in [-0.39, 0.29) is 0 Å². The van der Waals surface area contributed by atoms with Crippen molar-refractivity contribution in [2.75, 3.05) is 6.54 Å². The van der Waals surface area contributed by atoms with Crippen LogP contribution in [0.15, 0.2) is 60.7 Å². The molecule has 4 nitrogen and oxygen atoms in total. The number of rotatable bonds is 7. The fourth-order valence-electron chi connectivity index (χ4n) is 4.02. The Labute approximate surface area is 188 Å². The summed E-state index contributed by atoms with van der Waals surface area (Å²) in [4.78, 5) is 15.6. The van der Waals surface area contributed by atoms with Gasteiger partial charge in [0.2, 0.25) is 0 Å². The molecule has 0 fully saturated rings. The molecular formula is C26H26ClNO3. The smallest absolute Gasteiger partial charge is 0.347 e. The maximum Gasteiger partial charge on any atom is 0.347 e. The van der Waals surface area contributed by atoms with Gasteiger partial charge in [-0.05, 0) is 48.7 Å². The molecule has 0 radical (unpaired) electrons. The Morgan fingerprint density at radius 3 is 2.32 bits per heavy atom. The molecule has 1 aliphatic heterocycles. The largest absolute Gasteiger partial charge is 0.488 e. The maximum atomic E-state index is 13.3. The first-order chi connectivity index (χ1) is 15.1. The summed E-state index contributed by atoms with van der Waals surface area (Å²) in [6, 6.07) is 19.0. The Balaban J connectivity index is 1.74. The second-order valence-electron chi connectivity index (χ2n) is 7.79. The molecular weight excluding hydrogens is 410 g/mol. The van der Waals surface area contributed by atoms with Gasteiger partial charge in [0.15, 0.2) is 0 Å². The zero-order valence-corrected chi connectivity index (χ0v) is 18.6. The fraction of sp³-hybridized carbons (Fsp3) is 0.269. The van der Waals surface area contributed by atoms with E-state index >= 15 is 0 Å². The topological polar surface area (TPSA) is 38.8 Å². The molecule has 31 heavy (non-hydrogen) atoms. The lowest BCUT2D eigenvalue weighted by Crippen LogP contribution is -2.17. The van der Waals surface area contributed by atoms with Crippen molar-refractivity contribution in [1.29, 1.82) is 0 Å². The van der Waals surface area contributed by atoms with Gasteiger partial charge < -0.3 is 9.47 Å². The molecule has 0 aliphatic carbocycles. The van der Waals surface area contributed by atoms with Crippen molar-refractivity contribution in [1.82, 2.24) is 4.90 Å². The minimum atomic E-state index is -0.453. The minimum absolute atomic E-state index is 0.369. The van der Waals surface area contributed by atoms with Crippen molar-refractivity contribution in [3.63, 3.8) is 0 Å². The zero-order valence-electron chi connectivity index (χ0n) is 17.9. The normalized spacial score (nSPS) is 13.1. The number of fused-ring (bicyclic) bond motifs is 1. The lowest BCUT2D eigenvalue weighted by atomic mass is 9.98. The summed E-state index contributed by atoms with van der Waals surface area (Å²) in [6.07, 6.45) is 1.05. The van der Waals surface area contributed by atoms with E-state index < -0.39 is 5.97 Å². The summed E-state index contributed by atoms with van der Waals surface area (Å²) < 4.78 is 12.0. The van der Waals surface area contributed by atoms with E-state index in [4.69, 9.17) is 21.1 Å². The molecule has 0 aromatic heterocycles.